The van der Waals surface area contributed by atoms with Crippen LogP contribution in [-0.4, -0.2) is 36.0 Å². The Bertz CT molecular complexity index is 433. The summed E-state index contributed by atoms with van der Waals surface area (Å²) in [5.41, 5.74) is 1.01. The number of rotatable bonds is 5. The Kier molecular flexibility index (Phi) is 3.68. The standard InChI is InChI=1S/C13H21N5O/c1-2-3-6-14-12-11-13(16-8-15-12)18(9-17-11)10-5-4-7-19-10/h8,10,17H,2-7,9H2,1H3,(H,14,15,16). The first-order valence-corrected chi connectivity index (χ1v) is 7.11. The van der Waals surface area contributed by atoms with Gasteiger partial charge in [0.25, 0.3) is 0 Å². The summed E-state index contributed by atoms with van der Waals surface area (Å²) in [5, 5.41) is 6.76. The Morgan fingerprint density at radius 1 is 1.53 bits per heavy atom. The minimum atomic E-state index is 0.159. The summed E-state index contributed by atoms with van der Waals surface area (Å²) < 4.78 is 5.74. The maximum absolute atomic E-state index is 5.74. The van der Waals surface area contributed by atoms with Crippen molar-refractivity contribution in [2.75, 3.05) is 35.4 Å². The first-order valence-electron chi connectivity index (χ1n) is 7.11. The molecule has 0 bridgehead atoms. The molecule has 1 aromatic heterocycles. The first kappa shape index (κ1) is 12.5. The monoisotopic (exact) mass is 263 g/mol. The van der Waals surface area contributed by atoms with E-state index in [2.05, 4.69) is 32.4 Å². The van der Waals surface area contributed by atoms with E-state index in [-0.39, 0.29) is 6.23 Å². The number of nitrogens with zero attached hydrogens (tertiary/aromatic N) is 3. The van der Waals surface area contributed by atoms with Crippen molar-refractivity contribution in [3.05, 3.63) is 6.33 Å². The zero-order valence-electron chi connectivity index (χ0n) is 11.4. The highest BCUT2D eigenvalue weighted by Gasteiger charge is 2.31. The molecular formula is C13H21N5O. The molecule has 2 aliphatic rings. The van der Waals surface area contributed by atoms with E-state index in [1.54, 1.807) is 6.33 Å². The maximum Gasteiger partial charge on any atom is 0.161 e. The van der Waals surface area contributed by atoms with E-state index in [9.17, 15) is 0 Å². The molecule has 1 fully saturated rings. The molecule has 1 saturated heterocycles. The van der Waals surface area contributed by atoms with E-state index in [1.165, 1.54) is 6.42 Å². The number of aromatic nitrogens is 2. The third-order valence-corrected chi connectivity index (χ3v) is 3.60. The number of hydrogen-bond acceptors (Lipinski definition) is 6. The highest BCUT2D eigenvalue weighted by Crippen LogP contribution is 2.36. The lowest BCUT2D eigenvalue weighted by Crippen LogP contribution is -2.34. The molecule has 6 nitrogen and oxygen atoms in total. The summed E-state index contributed by atoms with van der Waals surface area (Å²) in [4.78, 5) is 10.9. The van der Waals surface area contributed by atoms with Gasteiger partial charge in [0.05, 0.1) is 6.67 Å². The van der Waals surface area contributed by atoms with Crippen LogP contribution in [0.4, 0.5) is 17.3 Å². The molecule has 6 heteroatoms. The van der Waals surface area contributed by atoms with Gasteiger partial charge in [0, 0.05) is 13.2 Å². The van der Waals surface area contributed by atoms with Gasteiger partial charge in [-0.3, -0.25) is 0 Å². The Balaban J connectivity index is 1.76. The maximum atomic E-state index is 5.74. The molecule has 0 spiro atoms. The minimum Gasteiger partial charge on any atom is -0.368 e. The molecule has 3 rings (SSSR count). The largest absolute Gasteiger partial charge is 0.368 e. The number of fused-ring (bicyclic) bond motifs is 1. The number of nitrogens with one attached hydrogen (secondary N) is 2. The van der Waals surface area contributed by atoms with Gasteiger partial charge < -0.3 is 20.3 Å². The molecule has 0 aromatic carbocycles. The molecule has 0 radical (unpaired) electrons. The summed E-state index contributed by atoms with van der Waals surface area (Å²) in [6, 6.07) is 0. The van der Waals surface area contributed by atoms with Crippen LogP contribution in [0, 0.1) is 0 Å². The van der Waals surface area contributed by atoms with Gasteiger partial charge in [0.15, 0.2) is 11.6 Å². The lowest BCUT2D eigenvalue weighted by atomic mass is 10.3. The van der Waals surface area contributed by atoms with Crippen molar-refractivity contribution in [3.8, 4) is 0 Å². The van der Waals surface area contributed by atoms with Crippen molar-refractivity contribution in [1.29, 1.82) is 0 Å². The second-order valence-corrected chi connectivity index (χ2v) is 4.97. The normalized spacial score (nSPS) is 21.3. The highest BCUT2D eigenvalue weighted by molar-refractivity contribution is 5.81. The second-order valence-electron chi connectivity index (χ2n) is 4.97. The number of unbranched alkanes of at least 4 members (excludes halogenated alkanes) is 1. The molecule has 0 saturated carbocycles. The fourth-order valence-electron chi connectivity index (χ4n) is 2.56. The van der Waals surface area contributed by atoms with Gasteiger partial charge in [-0.2, -0.15) is 0 Å². The third kappa shape index (κ3) is 2.45. The van der Waals surface area contributed by atoms with Crippen LogP contribution in [0.3, 0.4) is 0 Å². The molecule has 0 aliphatic carbocycles. The van der Waals surface area contributed by atoms with Gasteiger partial charge in [0.2, 0.25) is 0 Å². The number of anilines is 3. The van der Waals surface area contributed by atoms with Gasteiger partial charge in [-0.1, -0.05) is 13.3 Å². The van der Waals surface area contributed by atoms with Crippen LogP contribution in [0.5, 0.6) is 0 Å². The zero-order valence-corrected chi connectivity index (χ0v) is 11.4. The Morgan fingerprint density at radius 2 is 2.47 bits per heavy atom. The smallest absolute Gasteiger partial charge is 0.161 e. The van der Waals surface area contributed by atoms with Crippen molar-refractivity contribution < 1.29 is 4.74 Å². The number of ether oxygens (including phenoxy) is 1. The highest BCUT2D eigenvalue weighted by atomic mass is 16.5. The molecule has 0 amide bonds. The van der Waals surface area contributed by atoms with Crippen LogP contribution in [0.1, 0.15) is 32.6 Å². The average molecular weight is 263 g/mol. The second kappa shape index (κ2) is 5.61. The molecule has 3 heterocycles. The Morgan fingerprint density at radius 3 is 3.26 bits per heavy atom. The summed E-state index contributed by atoms with van der Waals surface area (Å²) in [5.74, 6) is 1.86. The van der Waals surface area contributed by atoms with Crippen molar-refractivity contribution in [3.63, 3.8) is 0 Å². The van der Waals surface area contributed by atoms with Gasteiger partial charge in [-0.05, 0) is 19.3 Å². The average Bonchev–Trinajstić information content (AvgIpc) is 3.07. The van der Waals surface area contributed by atoms with Crippen molar-refractivity contribution >= 4 is 17.3 Å². The van der Waals surface area contributed by atoms with Gasteiger partial charge in [0.1, 0.15) is 18.2 Å². The van der Waals surface area contributed by atoms with Crippen molar-refractivity contribution in [2.24, 2.45) is 0 Å². The van der Waals surface area contributed by atoms with Crippen LogP contribution in [-0.2, 0) is 4.74 Å². The lowest BCUT2D eigenvalue weighted by molar-refractivity contribution is 0.109. The summed E-state index contributed by atoms with van der Waals surface area (Å²) >= 11 is 0. The SMILES string of the molecule is CCCCNc1ncnc2c1NCN2C1CCCO1. The Labute approximate surface area is 113 Å². The van der Waals surface area contributed by atoms with E-state index in [0.717, 1.165) is 56.4 Å². The molecule has 104 valence electrons. The van der Waals surface area contributed by atoms with Crippen molar-refractivity contribution in [1.82, 2.24) is 9.97 Å². The molecule has 2 N–H and O–H groups in total. The van der Waals surface area contributed by atoms with E-state index in [1.807, 2.05) is 0 Å². The summed E-state index contributed by atoms with van der Waals surface area (Å²) in [6.07, 6.45) is 6.31. The van der Waals surface area contributed by atoms with Gasteiger partial charge in [-0.25, -0.2) is 9.97 Å². The van der Waals surface area contributed by atoms with Crippen LogP contribution in [0.2, 0.25) is 0 Å². The van der Waals surface area contributed by atoms with E-state index < -0.39 is 0 Å². The third-order valence-electron chi connectivity index (χ3n) is 3.60. The fraction of sp³-hybridized carbons (Fsp3) is 0.692. The number of hydrogen-bond donors (Lipinski definition) is 2. The molecule has 1 atom stereocenters. The van der Waals surface area contributed by atoms with Crippen LogP contribution < -0.4 is 15.5 Å². The minimum absolute atomic E-state index is 0.159. The van der Waals surface area contributed by atoms with Crippen LogP contribution in [0.15, 0.2) is 6.33 Å². The van der Waals surface area contributed by atoms with Gasteiger partial charge >= 0.3 is 0 Å². The lowest BCUT2D eigenvalue weighted by Gasteiger charge is -2.23. The Hall–Kier alpha value is -1.56. The summed E-state index contributed by atoms with van der Waals surface area (Å²) in [6.45, 7) is 4.73. The van der Waals surface area contributed by atoms with Gasteiger partial charge in [-0.15, -0.1) is 0 Å². The molecule has 2 aliphatic heterocycles. The topological polar surface area (TPSA) is 62.3 Å². The van der Waals surface area contributed by atoms with Crippen molar-refractivity contribution in [2.45, 2.75) is 38.8 Å². The zero-order chi connectivity index (χ0) is 13.1. The molecule has 1 unspecified atom stereocenters. The first-order chi connectivity index (χ1) is 9.40. The van der Waals surface area contributed by atoms with E-state index >= 15 is 0 Å². The molecule has 19 heavy (non-hydrogen) atoms. The predicted octanol–water partition coefficient (Wildman–Crippen LogP) is 2.01. The molecule has 1 aromatic rings. The van der Waals surface area contributed by atoms with E-state index in [4.69, 9.17) is 4.74 Å². The summed E-state index contributed by atoms with van der Waals surface area (Å²) in [7, 11) is 0. The van der Waals surface area contributed by atoms with E-state index in [0.29, 0.717) is 0 Å². The molecular weight excluding hydrogens is 242 g/mol. The fourth-order valence-corrected chi connectivity index (χ4v) is 2.56. The van der Waals surface area contributed by atoms with Crippen LogP contribution in [0.25, 0.3) is 0 Å². The predicted molar refractivity (Wildman–Crippen MR) is 75.4 cm³/mol. The quantitative estimate of drug-likeness (QED) is 0.792. The van der Waals surface area contributed by atoms with Crippen LogP contribution >= 0.6 is 0 Å².